The highest BCUT2D eigenvalue weighted by atomic mass is 16.5. The molecular weight excluding hydrogens is 146 g/mol. The van der Waals surface area contributed by atoms with Crippen LogP contribution in [0.4, 0.5) is 0 Å². The third kappa shape index (κ3) is 2.86. The number of aliphatic hydroxyl groups is 1. The third-order valence-electron chi connectivity index (χ3n) is 1.46. The fraction of sp³-hybridized carbons (Fsp3) is 0.857. The topological polar surface area (TPSA) is 49.8 Å². The summed E-state index contributed by atoms with van der Waals surface area (Å²) in [6, 6.07) is -0.569. The van der Waals surface area contributed by atoms with Crippen molar-refractivity contribution in [1.29, 1.82) is 0 Å². The first-order valence-corrected chi connectivity index (χ1v) is 3.43. The molecule has 0 radical (unpaired) electrons. The fourth-order valence-corrected chi connectivity index (χ4v) is 0.960. The summed E-state index contributed by atoms with van der Waals surface area (Å²) in [5, 5.41) is 9.14. The minimum absolute atomic E-state index is 0.412. The van der Waals surface area contributed by atoms with Crippen molar-refractivity contribution in [1.82, 2.24) is 4.90 Å². The molecule has 0 spiro atoms. The Morgan fingerprint density at radius 2 is 2.00 bits per heavy atom. The summed E-state index contributed by atoms with van der Waals surface area (Å²) < 4.78 is 4.49. The summed E-state index contributed by atoms with van der Waals surface area (Å²) in [5.41, 5.74) is 0. The number of hydrogen-bond donors (Lipinski definition) is 1. The molecule has 4 nitrogen and oxygen atoms in total. The van der Waals surface area contributed by atoms with Crippen molar-refractivity contribution in [3.63, 3.8) is 0 Å². The Bertz CT molecular complexity index is 126. The lowest BCUT2D eigenvalue weighted by Gasteiger charge is -2.23. The number of nitrogens with zero attached hydrogens (tertiary/aromatic N) is 1. The number of hydrogen-bond acceptors (Lipinski definition) is 4. The maximum absolute atomic E-state index is 11.0. The molecule has 0 heterocycles. The normalized spacial score (nSPS) is 16.2. The Balaban J connectivity index is 4.22. The van der Waals surface area contributed by atoms with Gasteiger partial charge in [0.2, 0.25) is 0 Å². The number of aliphatic hydroxyl groups excluding tert-OH is 1. The Morgan fingerprint density at radius 1 is 1.55 bits per heavy atom. The van der Waals surface area contributed by atoms with Crippen LogP contribution in [0.25, 0.3) is 0 Å². The summed E-state index contributed by atoms with van der Waals surface area (Å²) in [5.74, 6) is -0.412. The highest BCUT2D eigenvalue weighted by Gasteiger charge is 2.26. The second-order valence-electron chi connectivity index (χ2n) is 2.67. The van der Waals surface area contributed by atoms with Crippen LogP contribution in [-0.4, -0.2) is 49.3 Å². The van der Waals surface area contributed by atoms with Gasteiger partial charge in [-0.1, -0.05) is 0 Å². The number of methoxy groups -OCH3 is 1. The van der Waals surface area contributed by atoms with E-state index in [1.54, 1.807) is 25.9 Å². The SMILES string of the molecule is COC(=O)[C@H]([C@@H](C)O)N(C)C. The molecule has 2 atom stereocenters. The lowest BCUT2D eigenvalue weighted by atomic mass is 10.2. The Morgan fingerprint density at radius 3 is 2.09 bits per heavy atom. The number of esters is 1. The standard InChI is InChI=1S/C7H15NO3/c1-5(9)6(8(2)3)7(10)11-4/h5-6,9H,1-4H3/t5-,6+/m1/s1. The van der Waals surface area contributed by atoms with Gasteiger partial charge < -0.3 is 9.84 Å². The van der Waals surface area contributed by atoms with Crippen LogP contribution < -0.4 is 0 Å². The van der Waals surface area contributed by atoms with E-state index in [2.05, 4.69) is 4.74 Å². The number of carbonyl (C=O) groups excluding carboxylic acids is 1. The molecule has 0 aromatic heterocycles. The Hall–Kier alpha value is -0.610. The second-order valence-corrected chi connectivity index (χ2v) is 2.67. The zero-order valence-corrected chi connectivity index (χ0v) is 7.37. The molecule has 0 fully saturated rings. The monoisotopic (exact) mass is 161 g/mol. The molecule has 0 unspecified atom stereocenters. The molecule has 66 valence electrons. The van der Waals surface area contributed by atoms with Crippen molar-refractivity contribution in [2.75, 3.05) is 21.2 Å². The van der Waals surface area contributed by atoms with Crippen molar-refractivity contribution in [3.8, 4) is 0 Å². The van der Waals surface area contributed by atoms with Gasteiger partial charge in [-0.3, -0.25) is 9.69 Å². The smallest absolute Gasteiger partial charge is 0.325 e. The van der Waals surface area contributed by atoms with E-state index >= 15 is 0 Å². The molecule has 1 N–H and O–H groups in total. The maximum Gasteiger partial charge on any atom is 0.325 e. The quantitative estimate of drug-likeness (QED) is 0.565. The fourth-order valence-electron chi connectivity index (χ4n) is 0.960. The van der Waals surface area contributed by atoms with Crippen LogP contribution in [0.2, 0.25) is 0 Å². The van der Waals surface area contributed by atoms with Crippen molar-refractivity contribution in [2.45, 2.75) is 19.1 Å². The van der Waals surface area contributed by atoms with E-state index in [9.17, 15) is 4.79 Å². The van der Waals surface area contributed by atoms with Crippen LogP contribution >= 0.6 is 0 Å². The van der Waals surface area contributed by atoms with Gasteiger partial charge >= 0.3 is 5.97 Å². The molecule has 0 aliphatic rings. The van der Waals surface area contributed by atoms with Gasteiger partial charge in [-0.15, -0.1) is 0 Å². The number of likely N-dealkylation sites (N-methyl/N-ethyl adjacent to an activating group) is 1. The zero-order valence-electron chi connectivity index (χ0n) is 7.37. The number of carbonyl (C=O) groups is 1. The van der Waals surface area contributed by atoms with Crippen LogP contribution in [0.15, 0.2) is 0 Å². The van der Waals surface area contributed by atoms with Crippen LogP contribution in [0.3, 0.4) is 0 Å². The minimum Gasteiger partial charge on any atom is -0.468 e. The lowest BCUT2D eigenvalue weighted by Crippen LogP contribution is -2.44. The molecule has 0 amide bonds. The van der Waals surface area contributed by atoms with E-state index in [4.69, 9.17) is 5.11 Å². The van der Waals surface area contributed by atoms with Gasteiger partial charge in [0.1, 0.15) is 6.04 Å². The number of rotatable bonds is 3. The van der Waals surface area contributed by atoms with Gasteiger partial charge in [0, 0.05) is 0 Å². The molecule has 4 heteroatoms. The summed E-state index contributed by atoms with van der Waals surface area (Å²) in [6.45, 7) is 1.56. The largest absolute Gasteiger partial charge is 0.468 e. The van der Waals surface area contributed by atoms with E-state index in [1.165, 1.54) is 7.11 Å². The molecule has 0 saturated heterocycles. The van der Waals surface area contributed by atoms with E-state index in [-0.39, 0.29) is 0 Å². The highest BCUT2D eigenvalue weighted by molar-refractivity contribution is 5.76. The average Bonchev–Trinajstić information content (AvgIpc) is 1.85. The molecule has 0 aromatic carbocycles. The molecule has 0 aliphatic heterocycles. The number of ether oxygens (including phenoxy) is 1. The van der Waals surface area contributed by atoms with Gasteiger partial charge in [0.05, 0.1) is 13.2 Å². The molecule has 0 bridgehead atoms. The van der Waals surface area contributed by atoms with Crippen molar-refractivity contribution < 1.29 is 14.6 Å². The molecule has 0 aromatic rings. The van der Waals surface area contributed by atoms with Crippen LogP contribution in [0.5, 0.6) is 0 Å². The minimum atomic E-state index is -0.711. The molecule has 0 saturated carbocycles. The highest BCUT2D eigenvalue weighted by Crippen LogP contribution is 2.01. The van der Waals surface area contributed by atoms with Crippen LogP contribution in [0, 0.1) is 0 Å². The van der Waals surface area contributed by atoms with E-state index < -0.39 is 18.1 Å². The zero-order chi connectivity index (χ0) is 9.02. The maximum atomic E-state index is 11.0. The summed E-state index contributed by atoms with van der Waals surface area (Å²) >= 11 is 0. The third-order valence-corrected chi connectivity index (χ3v) is 1.46. The van der Waals surface area contributed by atoms with Gasteiger partial charge in [0.15, 0.2) is 0 Å². The predicted molar refractivity (Wildman–Crippen MR) is 41.2 cm³/mol. The van der Waals surface area contributed by atoms with Crippen LogP contribution in [-0.2, 0) is 9.53 Å². The molecule has 0 rings (SSSR count). The van der Waals surface area contributed by atoms with Crippen molar-refractivity contribution >= 4 is 5.97 Å². The van der Waals surface area contributed by atoms with Gasteiger partial charge in [-0.25, -0.2) is 0 Å². The Kier molecular flexibility index (Phi) is 4.07. The first kappa shape index (κ1) is 10.4. The van der Waals surface area contributed by atoms with Gasteiger partial charge in [-0.05, 0) is 21.0 Å². The second kappa shape index (κ2) is 4.31. The van der Waals surface area contributed by atoms with Gasteiger partial charge in [-0.2, -0.15) is 0 Å². The predicted octanol–water partition coefficient (Wildman–Crippen LogP) is -0.530. The first-order valence-electron chi connectivity index (χ1n) is 3.43. The van der Waals surface area contributed by atoms with Crippen LogP contribution in [0.1, 0.15) is 6.92 Å². The van der Waals surface area contributed by atoms with Crippen molar-refractivity contribution in [2.24, 2.45) is 0 Å². The van der Waals surface area contributed by atoms with E-state index in [0.717, 1.165) is 0 Å². The molecule has 11 heavy (non-hydrogen) atoms. The molecular formula is C7H15NO3. The summed E-state index contributed by atoms with van der Waals surface area (Å²) in [7, 11) is 4.74. The first-order chi connectivity index (χ1) is 5.00. The summed E-state index contributed by atoms with van der Waals surface area (Å²) in [6.07, 6.45) is -0.711. The Labute approximate surface area is 66.8 Å². The summed E-state index contributed by atoms with van der Waals surface area (Å²) in [4.78, 5) is 12.6. The average molecular weight is 161 g/mol. The lowest BCUT2D eigenvalue weighted by molar-refractivity contribution is -0.149. The van der Waals surface area contributed by atoms with Crippen molar-refractivity contribution in [3.05, 3.63) is 0 Å². The molecule has 0 aliphatic carbocycles. The van der Waals surface area contributed by atoms with E-state index in [0.29, 0.717) is 0 Å². The van der Waals surface area contributed by atoms with E-state index in [1.807, 2.05) is 0 Å². The van der Waals surface area contributed by atoms with Gasteiger partial charge in [0.25, 0.3) is 0 Å².